The van der Waals surface area contributed by atoms with Crippen LogP contribution < -0.4 is 9.47 Å². The summed E-state index contributed by atoms with van der Waals surface area (Å²) in [5.41, 5.74) is 7.39. The zero-order chi connectivity index (χ0) is 25.8. The fraction of sp³-hybridized carbons (Fsp3) is 0.500. The van der Waals surface area contributed by atoms with E-state index in [4.69, 9.17) is 9.47 Å². The zero-order valence-electron chi connectivity index (χ0n) is 23.6. The van der Waals surface area contributed by atoms with Crippen molar-refractivity contribution >= 4 is 12.2 Å². The first kappa shape index (κ1) is 27.8. The molecular formula is C32H46O2. The molecule has 0 spiro atoms. The second-order valence-electron chi connectivity index (χ2n) is 12.3. The maximum atomic E-state index is 6.55. The van der Waals surface area contributed by atoms with E-state index in [2.05, 4.69) is 132 Å². The van der Waals surface area contributed by atoms with Crippen LogP contribution in [0.4, 0.5) is 0 Å². The van der Waals surface area contributed by atoms with Crippen molar-refractivity contribution in [1.29, 1.82) is 0 Å². The van der Waals surface area contributed by atoms with E-state index < -0.39 is 6.29 Å². The van der Waals surface area contributed by atoms with Gasteiger partial charge in [0.1, 0.15) is 11.5 Å². The van der Waals surface area contributed by atoms with Gasteiger partial charge in [-0.1, -0.05) is 90.8 Å². The van der Waals surface area contributed by atoms with Crippen LogP contribution >= 0.6 is 0 Å². The minimum absolute atomic E-state index is 0.0742. The molecule has 2 heteroatoms. The average Bonchev–Trinajstić information content (AvgIpc) is 2.67. The minimum Gasteiger partial charge on any atom is -0.454 e. The Balaban J connectivity index is 2.48. The van der Waals surface area contributed by atoms with Gasteiger partial charge in [0.15, 0.2) is 0 Å². The van der Waals surface area contributed by atoms with Crippen LogP contribution in [0.25, 0.3) is 12.2 Å². The van der Waals surface area contributed by atoms with Crippen molar-refractivity contribution in [2.45, 2.75) is 100 Å². The number of hydrogen-bond donors (Lipinski definition) is 0. The quantitative estimate of drug-likeness (QED) is 0.381. The monoisotopic (exact) mass is 462 g/mol. The van der Waals surface area contributed by atoms with Gasteiger partial charge in [-0.3, -0.25) is 0 Å². The first-order valence-corrected chi connectivity index (χ1v) is 12.5. The van der Waals surface area contributed by atoms with Crippen LogP contribution in [0.1, 0.15) is 105 Å². The summed E-state index contributed by atoms with van der Waals surface area (Å²) in [4.78, 5) is 0. The topological polar surface area (TPSA) is 18.5 Å². The zero-order valence-corrected chi connectivity index (χ0v) is 23.6. The van der Waals surface area contributed by atoms with E-state index in [1.54, 1.807) is 0 Å². The predicted molar refractivity (Wildman–Crippen MR) is 149 cm³/mol. The van der Waals surface area contributed by atoms with Crippen LogP contribution in [-0.2, 0) is 10.8 Å². The first-order chi connectivity index (χ1) is 15.6. The van der Waals surface area contributed by atoms with Crippen LogP contribution in [0, 0.1) is 5.92 Å². The summed E-state index contributed by atoms with van der Waals surface area (Å²) in [5, 5.41) is 0. The molecule has 0 amide bonds. The lowest BCUT2D eigenvalue weighted by molar-refractivity contribution is -0.0300. The smallest absolute Gasteiger partial charge is 0.243 e. The van der Waals surface area contributed by atoms with Gasteiger partial charge < -0.3 is 9.47 Å². The largest absolute Gasteiger partial charge is 0.454 e. The molecule has 2 rings (SSSR count). The molecule has 0 aliphatic rings. The Hall–Kier alpha value is -2.48. The van der Waals surface area contributed by atoms with E-state index in [0.717, 1.165) is 22.6 Å². The summed E-state index contributed by atoms with van der Waals surface area (Å²) in [6.07, 6.45) is 3.97. The van der Waals surface area contributed by atoms with Crippen molar-refractivity contribution in [1.82, 2.24) is 0 Å². The van der Waals surface area contributed by atoms with E-state index in [1.807, 2.05) is 0 Å². The molecule has 2 aromatic carbocycles. The fourth-order valence-electron chi connectivity index (χ4n) is 3.64. The van der Waals surface area contributed by atoms with Gasteiger partial charge in [-0.05, 0) is 73.9 Å². The molecule has 0 aliphatic heterocycles. The van der Waals surface area contributed by atoms with Crippen LogP contribution in [0.3, 0.4) is 0 Å². The molecule has 0 radical (unpaired) electrons. The fourth-order valence-corrected chi connectivity index (χ4v) is 3.64. The Morgan fingerprint density at radius 1 is 0.647 bits per heavy atom. The third kappa shape index (κ3) is 7.79. The summed E-state index contributed by atoms with van der Waals surface area (Å²) in [7, 11) is 0. The second kappa shape index (κ2) is 10.8. The maximum absolute atomic E-state index is 6.55. The molecular weight excluding hydrogens is 416 g/mol. The van der Waals surface area contributed by atoms with Gasteiger partial charge in [0.05, 0.1) is 0 Å². The Labute approximate surface area is 209 Å². The molecule has 2 nitrogen and oxygen atoms in total. The molecule has 2 aromatic rings. The normalized spacial score (nSPS) is 12.1. The molecule has 0 heterocycles. The van der Waals surface area contributed by atoms with Crippen molar-refractivity contribution in [2.24, 2.45) is 5.92 Å². The molecule has 0 aromatic heterocycles. The highest BCUT2D eigenvalue weighted by molar-refractivity contribution is 5.62. The Bertz CT molecular complexity index is 950. The molecule has 34 heavy (non-hydrogen) atoms. The van der Waals surface area contributed by atoms with Crippen molar-refractivity contribution in [3.05, 3.63) is 69.8 Å². The van der Waals surface area contributed by atoms with Gasteiger partial charge in [0.2, 0.25) is 6.29 Å². The summed E-state index contributed by atoms with van der Waals surface area (Å²) >= 11 is 0. The summed E-state index contributed by atoms with van der Waals surface area (Å²) in [5.74, 6) is 1.87. The van der Waals surface area contributed by atoms with Gasteiger partial charge in [0.25, 0.3) is 0 Å². The first-order valence-electron chi connectivity index (χ1n) is 12.5. The van der Waals surface area contributed by atoms with Gasteiger partial charge in [-0.15, -0.1) is 0 Å². The Morgan fingerprint density at radius 2 is 1.00 bits per heavy atom. The third-order valence-electron chi connectivity index (χ3n) is 5.67. The number of rotatable bonds is 7. The minimum atomic E-state index is -0.408. The Morgan fingerprint density at radius 3 is 1.26 bits per heavy atom. The number of hydrogen-bond acceptors (Lipinski definition) is 2. The van der Waals surface area contributed by atoms with E-state index >= 15 is 0 Å². The van der Waals surface area contributed by atoms with Crippen LogP contribution in [0.5, 0.6) is 11.5 Å². The molecule has 0 unspecified atom stereocenters. The SMILES string of the molecule is CC(C)=Cc1cc(C(C)(C)C)ccc1OC(Oc1ccc(C(C)(C)C)cc1C=C(C)C)C(C)C. The summed E-state index contributed by atoms with van der Waals surface area (Å²) in [6, 6.07) is 13.0. The van der Waals surface area contributed by atoms with Crippen molar-refractivity contribution in [3.8, 4) is 11.5 Å². The van der Waals surface area contributed by atoms with Crippen molar-refractivity contribution in [2.75, 3.05) is 0 Å². The molecule has 0 bridgehead atoms. The van der Waals surface area contributed by atoms with Crippen molar-refractivity contribution in [3.63, 3.8) is 0 Å². The number of ether oxygens (including phenoxy) is 2. The highest BCUT2D eigenvalue weighted by atomic mass is 16.7. The van der Waals surface area contributed by atoms with E-state index in [9.17, 15) is 0 Å². The average molecular weight is 463 g/mol. The molecule has 0 fully saturated rings. The van der Waals surface area contributed by atoms with Gasteiger partial charge in [-0.25, -0.2) is 0 Å². The van der Waals surface area contributed by atoms with E-state index in [0.29, 0.717) is 0 Å². The highest BCUT2D eigenvalue weighted by Gasteiger charge is 2.23. The summed E-state index contributed by atoms with van der Waals surface area (Å²) < 4.78 is 13.1. The lowest BCUT2D eigenvalue weighted by atomic mass is 9.86. The lowest BCUT2D eigenvalue weighted by Crippen LogP contribution is -2.30. The van der Waals surface area contributed by atoms with Gasteiger partial charge in [-0.2, -0.15) is 0 Å². The number of benzene rings is 2. The maximum Gasteiger partial charge on any atom is 0.243 e. The van der Waals surface area contributed by atoms with Crippen LogP contribution in [-0.4, -0.2) is 6.29 Å². The summed E-state index contributed by atoms with van der Waals surface area (Å²) in [6.45, 7) is 26.2. The molecule has 186 valence electrons. The third-order valence-corrected chi connectivity index (χ3v) is 5.67. The van der Waals surface area contributed by atoms with Crippen LogP contribution in [0.15, 0.2) is 47.5 Å². The molecule has 0 N–H and O–H groups in total. The molecule has 0 atom stereocenters. The second-order valence-corrected chi connectivity index (χ2v) is 12.3. The molecule has 0 saturated carbocycles. The highest BCUT2D eigenvalue weighted by Crippen LogP contribution is 2.34. The van der Waals surface area contributed by atoms with Gasteiger partial charge in [0, 0.05) is 17.0 Å². The predicted octanol–water partition coefficient (Wildman–Crippen LogP) is 9.57. The Kier molecular flexibility index (Phi) is 8.86. The van der Waals surface area contributed by atoms with E-state index in [1.165, 1.54) is 22.3 Å². The lowest BCUT2D eigenvalue weighted by Gasteiger charge is -2.27. The number of allylic oxidation sites excluding steroid dienone is 2. The van der Waals surface area contributed by atoms with Gasteiger partial charge >= 0.3 is 0 Å². The molecule has 0 saturated heterocycles. The molecule has 0 aliphatic carbocycles. The standard InChI is InChI=1S/C32H46O2/c1-21(2)17-24-19-26(31(7,8)9)13-15-28(24)33-30(23(5)6)34-29-16-14-27(32(10,11)12)20-25(29)18-22(3)4/h13-20,23,30H,1-12H3. The van der Waals surface area contributed by atoms with Crippen LogP contribution in [0.2, 0.25) is 0 Å². The van der Waals surface area contributed by atoms with Crippen molar-refractivity contribution < 1.29 is 9.47 Å². The van der Waals surface area contributed by atoms with E-state index in [-0.39, 0.29) is 16.7 Å².